The van der Waals surface area contributed by atoms with Crippen LogP contribution in [0.4, 0.5) is 0 Å². The van der Waals surface area contributed by atoms with E-state index in [1.807, 2.05) is 34.6 Å². The van der Waals surface area contributed by atoms with Crippen molar-refractivity contribution in [1.82, 2.24) is 10.6 Å². The second-order valence-electron chi connectivity index (χ2n) is 11.2. The standard InChI is InChI=1S/C28H46N2O4S2/c1-19(2)35-17-23(18-36-20(3)4)25(32)21-10-12-22(13-11-21)26(33)29-16-24(31)30-28(8,9)14-15-34-27(5,6)7/h10-13,19-20,23H,14-18H2,1-9H3,(H,29,33)(H,30,31). The van der Waals surface area contributed by atoms with E-state index in [9.17, 15) is 14.4 Å². The van der Waals surface area contributed by atoms with Gasteiger partial charge < -0.3 is 15.4 Å². The number of ether oxygens (including phenoxy) is 1. The largest absolute Gasteiger partial charge is 0.376 e. The lowest BCUT2D eigenvalue weighted by atomic mass is 9.99. The van der Waals surface area contributed by atoms with Gasteiger partial charge in [-0.25, -0.2) is 0 Å². The first-order valence-corrected chi connectivity index (χ1v) is 14.8. The molecule has 0 fully saturated rings. The zero-order valence-corrected chi connectivity index (χ0v) is 25.2. The molecule has 0 heterocycles. The van der Waals surface area contributed by atoms with E-state index >= 15 is 0 Å². The maximum Gasteiger partial charge on any atom is 0.251 e. The number of nitrogens with one attached hydrogen (secondary N) is 2. The number of carbonyl (C=O) groups is 3. The molecule has 0 unspecified atom stereocenters. The summed E-state index contributed by atoms with van der Waals surface area (Å²) >= 11 is 3.59. The zero-order chi connectivity index (χ0) is 27.5. The van der Waals surface area contributed by atoms with Crippen LogP contribution in [0, 0.1) is 5.92 Å². The maximum atomic E-state index is 13.1. The predicted molar refractivity (Wildman–Crippen MR) is 154 cm³/mol. The van der Waals surface area contributed by atoms with Crippen LogP contribution in [0.15, 0.2) is 24.3 Å². The Bertz CT molecular complexity index is 834. The van der Waals surface area contributed by atoms with E-state index in [0.717, 1.165) is 11.5 Å². The van der Waals surface area contributed by atoms with Crippen LogP contribution in [-0.4, -0.2) is 63.9 Å². The lowest BCUT2D eigenvalue weighted by Gasteiger charge is -2.28. The number of hydrogen-bond donors (Lipinski definition) is 2. The van der Waals surface area contributed by atoms with Gasteiger partial charge in [0.2, 0.25) is 5.91 Å². The average Bonchev–Trinajstić information content (AvgIpc) is 2.75. The predicted octanol–water partition coefficient (Wildman–Crippen LogP) is 5.60. The topological polar surface area (TPSA) is 84.5 Å². The van der Waals surface area contributed by atoms with Gasteiger partial charge in [-0.1, -0.05) is 39.8 Å². The third-order valence-corrected chi connectivity index (χ3v) is 7.74. The molecule has 0 saturated heterocycles. The quantitative estimate of drug-likeness (QED) is 0.283. The first-order valence-electron chi connectivity index (χ1n) is 12.7. The minimum Gasteiger partial charge on any atom is -0.376 e. The second-order valence-corrected chi connectivity index (χ2v) is 14.4. The molecule has 0 bridgehead atoms. The number of rotatable bonds is 15. The van der Waals surface area contributed by atoms with Gasteiger partial charge in [-0.05, 0) is 63.7 Å². The highest BCUT2D eigenvalue weighted by atomic mass is 32.2. The smallest absolute Gasteiger partial charge is 0.251 e. The summed E-state index contributed by atoms with van der Waals surface area (Å²) in [6.07, 6.45) is 0.659. The van der Waals surface area contributed by atoms with Crippen LogP contribution in [-0.2, 0) is 9.53 Å². The number of benzene rings is 1. The number of Topliss-reactive ketones (excluding diaryl/α,β-unsaturated/α-hetero) is 1. The van der Waals surface area contributed by atoms with Crippen molar-refractivity contribution in [3.8, 4) is 0 Å². The van der Waals surface area contributed by atoms with Crippen molar-refractivity contribution < 1.29 is 19.1 Å². The van der Waals surface area contributed by atoms with Crippen LogP contribution in [0.25, 0.3) is 0 Å². The molecule has 0 atom stereocenters. The summed E-state index contributed by atoms with van der Waals surface area (Å²) in [6.45, 7) is 18.8. The van der Waals surface area contributed by atoms with Gasteiger partial charge in [0.25, 0.3) is 5.91 Å². The van der Waals surface area contributed by atoms with Gasteiger partial charge in [0, 0.05) is 40.7 Å². The highest BCUT2D eigenvalue weighted by Gasteiger charge is 2.23. The molecule has 1 aromatic carbocycles. The van der Waals surface area contributed by atoms with Crippen molar-refractivity contribution in [1.29, 1.82) is 0 Å². The fraction of sp³-hybridized carbons (Fsp3) is 0.679. The van der Waals surface area contributed by atoms with Gasteiger partial charge in [0.1, 0.15) is 0 Å². The molecule has 0 spiro atoms. The molecule has 1 aromatic rings. The maximum absolute atomic E-state index is 13.1. The molecule has 0 aliphatic carbocycles. The van der Waals surface area contributed by atoms with E-state index in [1.54, 1.807) is 47.8 Å². The van der Waals surface area contributed by atoms with Crippen molar-refractivity contribution in [2.45, 2.75) is 90.4 Å². The Morgan fingerprint density at radius 3 is 1.83 bits per heavy atom. The molecule has 0 aromatic heterocycles. The molecule has 0 aliphatic rings. The van der Waals surface area contributed by atoms with Gasteiger partial charge in [-0.2, -0.15) is 23.5 Å². The fourth-order valence-electron chi connectivity index (χ4n) is 3.20. The number of thioether (sulfide) groups is 2. The monoisotopic (exact) mass is 538 g/mol. The van der Waals surface area contributed by atoms with E-state index in [2.05, 4.69) is 38.3 Å². The van der Waals surface area contributed by atoms with Gasteiger partial charge in [0.15, 0.2) is 5.78 Å². The number of hydrogen-bond acceptors (Lipinski definition) is 6. The van der Waals surface area contributed by atoms with Gasteiger partial charge >= 0.3 is 0 Å². The normalized spacial score (nSPS) is 12.3. The van der Waals surface area contributed by atoms with Crippen LogP contribution in [0.3, 0.4) is 0 Å². The zero-order valence-electron chi connectivity index (χ0n) is 23.5. The van der Waals surface area contributed by atoms with Crippen molar-refractivity contribution in [3.63, 3.8) is 0 Å². The Balaban J connectivity index is 2.64. The minimum absolute atomic E-state index is 0.0645. The molecule has 0 saturated carbocycles. The number of ketones is 1. The lowest BCUT2D eigenvalue weighted by Crippen LogP contribution is -2.48. The Morgan fingerprint density at radius 1 is 0.861 bits per heavy atom. The molecule has 36 heavy (non-hydrogen) atoms. The van der Waals surface area contributed by atoms with Crippen molar-refractivity contribution >= 4 is 41.1 Å². The molecule has 0 aliphatic heterocycles. The van der Waals surface area contributed by atoms with Crippen molar-refractivity contribution in [2.24, 2.45) is 5.92 Å². The summed E-state index contributed by atoms with van der Waals surface area (Å²) in [5.41, 5.74) is 0.354. The molecular formula is C28H46N2O4S2. The van der Waals surface area contributed by atoms with E-state index in [1.165, 1.54) is 0 Å². The Kier molecular flexibility index (Phi) is 13.6. The van der Waals surface area contributed by atoms with E-state index in [4.69, 9.17) is 4.74 Å². The Hall–Kier alpha value is -1.51. The number of amides is 2. The van der Waals surface area contributed by atoms with Gasteiger partial charge in [-0.3, -0.25) is 14.4 Å². The molecule has 0 radical (unpaired) electrons. The van der Waals surface area contributed by atoms with Crippen LogP contribution in [0.1, 0.15) is 89.5 Å². The van der Waals surface area contributed by atoms with Crippen LogP contribution >= 0.6 is 23.5 Å². The van der Waals surface area contributed by atoms with E-state index < -0.39 is 5.54 Å². The molecule has 8 heteroatoms. The Morgan fingerprint density at radius 2 is 1.36 bits per heavy atom. The van der Waals surface area contributed by atoms with E-state index in [0.29, 0.717) is 34.7 Å². The van der Waals surface area contributed by atoms with Gasteiger partial charge in [-0.15, -0.1) is 0 Å². The first-order chi connectivity index (χ1) is 16.6. The van der Waals surface area contributed by atoms with Crippen LogP contribution < -0.4 is 10.6 Å². The summed E-state index contributed by atoms with van der Waals surface area (Å²) in [6, 6.07) is 6.72. The summed E-state index contributed by atoms with van der Waals surface area (Å²) in [5.74, 6) is 1.01. The fourth-order valence-corrected chi connectivity index (χ4v) is 5.12. The summed E-state index contributed by atoms with van der Waals surface area (Å²) in [4.78, 5) is 38.1. The van der Waals surface area contributed by atoms with Crippen LogP contribution in [0.5, 0.6) is 0 Å². The number of carbonyl (C=O) groups excluding carboxylic acids is 3. The van der Waals surface area contributed by atoms with Crippen molar-refractivity contribution in [3.05, 3.63) is 35.4 Å². The van der Waals surface area contributed by atoms with E-state index in [-0.39, 0.29) is 35.7 Å². The summed E-state index contributed by atoms with van der Waals surface area (Å²) < 4.78 is 5.74. The Labute approximate surface area is 226 Å². The molecule has 2 N–H and O–H groups in total. The van der Waals surface area contributed by atoms with Crippen LogP contribution in [0.2, 0.25) is 0 Å². The molecule has 204 valence electrons. The highest BCUT2D eigenvalue weighted by molar-refractivity contribution is 8.00. The summed E-state index contributed by atoms with van der Waals surface area (Å²) in [5, 5.41) is 6.54. The first kappa shape index (κ1) is 32.5. The summed E-state index contributed by atoms with van der Waals surface area (Å²) in [7, 11) is 0. The molecular weight excluding hydrogens is 492 g/mol. The lowest BCUT2D eigenvalue weighted by molar-refractivity contribution is -0.122. The SMILES string of the molecule is CC(C)SCC(CSC(C)C)C(=O)c1ccc(C(=O)NCC(=O)NC(C)(C)CCOC(C)(C)C)cc1. The third-order valence-electron chi connectivity index (χ3n) is 5.21. The molecule has 2 amide bonds. The minimum atomic E-state index is -0.451. The highest BCUT2D eigenvalue weighted by Crippen LogP contribution is 2.24. The van der Waals surface area contributed by atoms with Gasteiger partial charge in [0.05, 0.1) is 12.1 Å². The third kappa shape index (κ3) is 13.7. The second kappa shape index (κ2) is 15.0. The molecule has 6 nitrogen and oxygen atoms in total. The average molecular weight is 539 g/mol. The van der Waals surface area contributed by atoms with Crippen molar-refractivity contribution in [2.75, 3.05) is 24.7 Å². The molecule has 1 rings (SSSR count).